The van der Waals surface area contributed by atoms with Crippen molar-refractivity contribution in [1.82, 2.24) is 10.3 Å². The van der Waals surface area contributed by atoms with Crippen LogP contribution in [0.25, 0.3) is 0 Å². The van der Waals surface area contributed by atoms with Crippen molar-refractivity contribution in [2.45, 2.75) is 32.6 Å². The zero-order valence-electron chi connectivity index (χ0n) is 9.05. The van der Waals surface area contributed by atoms with Crippen LogP contribution in [-0.4, -0.2) is 17.9 Å². The zero-order valence-corrected chi connectivity index (χ0v) is 9.86. The molecule has 0 bridgehead atoms. The van der Waals surface area contributed by atoms with Gasteiger partial charge in [-0.2, -0.15) is 0 Å². The van der Waals surface area contributed by atoms with Crippen molar-refractivity contribution >= 4 is 17.2 Å². The molecule has 4 heteroatoms. The van der Waals surface area contributed by atoms with Gasteiger partial charge in [0.25, 0.3) is 0 Å². The lowest BCUT2D eigenvalue weighted by Crippen LogP contribution is -2.20. The van der Waals surface area contributed by atoms with E-state index in [4.69, 9.17) is 0 Å². The maximum absolute atomic E-state index is 11.1. The van der Waals surface area contributed by atoms with E-state index >= 15 is 0 Å². The summed E-state index contributed by atoms with van der Waals surface area (Å²) in [7, 11) is 1.64. The van der Waals surface area contributed by atoms with E-state index in [-0.39, 0.29) is 11.3 Å². The second-order valence-electron chi connectivity index (χ2n) is 4.24. The van der Waals surface area contributed by atoms with Gasteiger partial charge in [-0.3, -0.25) is 4.79 Å². The monoisotopic (exact) mass is 212 g/mol. The van der Waals surface area contributed by atoms with Crippen molar-refractivity contribution in [2.75, 3.05) is 7.05 Å². The Kier molecular flexibility index (Phi) is 3.26. The average molecular weight is 212 g/mol. The summed E-state index contributed by atoms with van der Waals surface area (Å²) in [6.07, 6.45) is 0.378. The van der Waals surface area contributed by atoms with Crippen LogP contribution < -0.4 is 5.32 Å². The molecule has 0 aliphatic rings. The molecule has 1 aromatic heterocycles. The lowest BCUT2D eigenvalue weighted by molar-refractivity contribution is -0.120. The van der Waals surface area contributed by atoms with Crippen LogP contribution in [0.5, 0.6) is 0 Å². The maximum atomic E-state index is 11.1. The molecule has 1 rings (SSSR count). The van der Waals surface area contributed by atoms with E-state index in [1.165, 1.54) is 0 Å². The minimum Gasteiger partial charge on any atom is -0.359 e. The van der Waals surface area contributed by atoms with Gasteiger partial charge in [-0.25, -0.2) is 4.98 Å². The van der Waals surface area contributed by atoms with Crippen LogP contribution in [0, 0.1) is 0 Å². The lowest BCUT2D eigenvalue weighted by atomic mass is 9.98. The molecule has 0 radical (unpaired) electrons. The summed E-state index contributed by atoms with van der Waals surface area (Å²) in [4.78, 5) is 15.5. The van der Waals surface area contributed by atoms with E-state index in [1.807, 2.05) is 5.38 Å². The van der Waals surface area contributed by atoms with Crippen molar-refractivity contribution < 1.29 is 4.79 Å². The molecular formula is C10H16N2OS. The fourth-order valence-electron chi connectivity index (χ4n) is 0.986. The number of hydrogen-bond donors (Lipinski definition) is 1. The Balaban J connectivity index is 2.74. The second-order valence-corrected chi connectivity index (χ2v) is 5.10. The van der Waals surface area contributed by atoms with Gasteiger partial charge < -0.3 is 5.32 Å². The quantitative estimate of drug-likeness (QED) is 0.811. The van der Waals surface area contributed by atoms with E-state index in [2.05, 4.69) is 31.1 Å². The molecule has 14 heavy (non-hydrogen) atoms. The van der Waals surface area contributed by atoms with Gasteiger partial charge in [0.05, 0.1) is 17.1 Å². The zero-order chi connectivity index (χ0) is 10.8. The third-order valence-electron chi connectivity index (χ3n) is 1.81. The molecule has 0 aliphatic heterocycles. The van der Waals surface area contributed by atoms with Crippen LogP contribution in [-0.2, 0) is 16.6 Å². The molecule has 1 heterocycles. The highest BCUT2D eigenvalue weighted by Crippen LogP contribution is 2.25. The molecule has 0 spiro atoms. The van der Waals surface area contributed by atoms with Crippen LogP contribution in [0.4, 0.5) is 0 Å². The van der Waals surface area contributed by atoms with Gasteiger partial charge in [0.2, 0.25) is 5.91 Å². The number of amides is 1. The minimum atomic E-state index is 0.00996. The molecule has 0 aliphatic carbocycles. The maximum Gasteiger partial charge on any atom is 0.225 e. The van der Waals surface area contributed by atoms with Crippen molar-refractivity contribution in [3.63, 3.8) is 0 Å². The molecule has 0 saturated heterocycles. The number of likely N-dealkylation sites (N-methyl/N-ethyl adjacent to an activating group) is 1. The van der Waals surface area contributed by atoms with Crippen LogP contribution in [0.2, 0.25) is 0 Å². The highest BCUT2D eigenvalue weighted by Gasteiger charge is 2.18. The Labute approximate surface area is 88.6 Å². The lowest BCUT2D eigenvalue weighted by Gasteiger charge is -2.13. The first-order chi connectivity index (χ1) is 6.43. The normalized spacial score (nSPS) is 11.4. The van der Waals surface area contributed by atoms with Crippen molar-refractivity contribution in [3.8, 4) is 0 Å². The highest BCUT2D eigenvalue weighted by atomic mass is 32.1. The summed E-state index contributed by atoms with van der Waals surface area (Å²) >= 11 is 1.62. The number of rotatable bonds is 2. The summed E-state index contributed by atoms with van der Waals surface area (Å²) in [6, 6.07) is 0. The van der Waals surface area contributed by atoms with Crippen LogP contribution >= 0.6 is 11.3 Å². The standard InChI is InChI=1S/C10H16N2OS/c1-10(2,3)9-12-7(6-14-9)5-8(13)11-4/h6H,5H2,1-4H3,(H,11,13). The summed E-state index contributed by atoms with van der Waals surface area (Å²) < 4.78 is 0. The smallest absolute Gasteiger partial charge is 0.225 e. The number of carbonyl (C=O) groups is 1. The molecule has 1 amide bonds. The number of nitrogens with one attached hydrogen (secondary N) is 1. The van der Waals surface area contributed by atoms with Crippen LogP contribution in [0.1, 0.15) is 31.5 Å². The average Bonchev–Trinajstić information content (AvgIpc) is 2.51. The largest absolute Gasteiger partial charge is 0.359 e. The van der Waals surface area contributed by atoms with Gasteiger partial charge in [0, 0.05) is 17.8 Å². The molecule has 0 atom stereocenters. The summed E-state index contributed by atoms with van der Waals surface area (Å²) in [5.74, 6) is 0.00996. The summed E-state index contributed by atoms with van der Waals surface area (Å²) in [6.45, 7) is 6.36. The highest BCUT2D eigenvalue weighted by molar-refractivity contribution is 7.09. The first-order valence-electron chi connectivity index (χ1n) is 4.59. The molecule has 3 nitrogen and oxygen atoms in total. The number of thiazole rings is 1. The first-order valence-corrected chi connectivity index (χ1v) is 5.47. The van der Waals surface area contributed by atoms with Crippen molar-refractivity contribution in [3.05, 3.63) is 16.1 Å². The number of nitrogens with zero attached hydrogens (tertiary/aromatic N) is 1. The van der Waals surface area contributed by atoms with Gasteiger partial charge in [-0.15, -0.1) is 11.3 Å². The fraction of sp³-hybridized carbons (Fsp3) is 0.600. The molecule has 0 fully saturated rings. The van der Waals surface area contributed by atoms with Gasteiger partial charge in [0.15, 0.2) is 0 Å². The number of hydrogen-bond acceptors (Lipinski definition) is 3. The summed E-state index contributed by atoms with van der Waals surface area (Å²) in [5.41, 5.74) is 0.935. The third-order valence-corrected chi connectivity index (χ3v) is 3.13. The third kappa shape index (κ3) is 2.80. The minimum absolute atomic E-state index is 0.00996. The van der Waals surface area contributed by atoms with E-state index in [0.717, 1.165) is 10.7 Å². The Hall–Kier alpha value is -0.900. The second kappa shape index (κ2) is 4.09. The molecule has 0 saturated carbocycles. The Morgan fingerprint density at radius 2 is 2.21 bits per heavy atom. The fourth-order valence-corrected chi connectivity index (χ4v) is 1.89. The summed E-state index contributed by atoms with van der Waals surface area (Å²) in [5, 5.41) is 5.62. The Morgan fingerprint density at radius 3 is 2.64 bits per heavy atom. The Morgan fingerprint density at radius 1 is 1.57 bits per heavy atom. The van der Waals surface area contributed by atoms with Gasteiger partial charge in [-0.1, -0.05) is 20.8 Å². The molecule has 0 aromatic carbocycles. The van der Waals surface area contributed by atoms with E-state index in [9.17, 15) is 4.79 Å². The SMILES string of the molecule is CNC(=O)Cc1csc(C(C)(C)C)n1. The first kappa shape index (κ1) is 11.2. The van der Waals surface area contributed by atoms with Crippen LogP contribution in [0.15, 0.2) is 5.38 Å². The van der Waals surface area contributed by atoms with Crippen molar-refractivity contribution in [1.29, 1.82) is 0 Å². The van der Waals surface area contributed by atoms with E-state index < -0.39 is 0 Å². The molecule has 78 valence electrons. The van der Waals surface area contributed by atoms with Crippen LogP contribution in [0.3, 0.4) is 0 Å². The molecule has 1 N–H and O–H groups in total. The number of aromatic nitrogens is 1. The predicted molar refractivity (Wildman–Crippen MR) is 58.6 cm³/mol. The van der Waals surface area contributed by atoms with E-state index in [1.54, 1.807) is 18.4 Å². The Bertz CT molecular complexity index is 325. The molecule has 0 unspecified atom stereocenters. The molecule has 1 aromatic rings. The van der Waals surface area contributed by atoms with Gasteiger partial charge in [-0.05, 0) is 0 Å². The predicted octanol–water partition coefficient (Wildman–Crippen LogP) is 1.73. The van der Waals surface area contributed by atoms with Crippen molar-refractivity contribution in [2.24, 2.45) is 0 Å². The van der Waals surface area contributed by atoms with Gasteiger partial charge >= 0.3 is 0 Å². The van der Waals surface area contributed by atoms with E-state index in [0.29, 0.717) is 6.42 Å². The topological polar surface area (TPSA) is 42.0 Å². The van der Waals surface area contributed by atoms with Gasteiger partial charge in [0.1, 0.15) is 0 Å². The number of carbonyl (C=O) groups excluding carboxylic acids is 1. The molecular weight excluding hydrogens is 196 g/mol.